The van der Waals surface area contributed by atoms with Gasteiger partial charge in [-0.05, 0) is 62.2 Å². The lowest BCUT2D eigenvalue weighted by Gasteiger charge is -2.08. The molecule has 8 heteroatoms. The number of halogens is 2. The summed E-state index contributed by atoms with van der Waals surface area (Å²) in [5.74, 6) is 1.28. The summed E-state index contributed by atoms with van der Waals surface area (Å²) in [4.78, 5) is 17.9. The van der Waals surface area contributed by atoms with Crippen LogP contribution in [0.5, 0.6) is 11.5 Å². The molecule has 30 heavy (non-hydrogen) atoms. The topological polar surface area (TPSA) is 60.5 Å². The van der Waals surface area contributed by atoms with Gasteiger partial charge in [0.15, 0.2) is 5.13 Å². The van der Waals surface area contributed by atoms with E-state index in [-0.39, 0.29) is 5.91 Å². The summed E-state index contributed by atoms with van der Waals surface area (Å²) in [7, 11) is 1.65. The van der Waals surface area contributed by atoms with E-state index in [0.717, 1.165) is 27.4 Å². The van der Waals surface area contributed by atoms with Crippen molar-refractivity contribution < 1.29 is 14.3 Å². The van der Waals surface area contributed by atoms with Crippen LogP contribution in [-0.4, -0.2) is 24.6 Å². The first-order valence-corrected chi connectivity index (χ1v) is 10.9. The molecule has 0 saturated carbocycles. The van der Waals surface area contributed by atoms with E-state index in [2.05, 4.69) is 10.3 Å². The van der Waals surface area contributed by atoms with Crippen molar-refractivity contribution in [2.24, 2.45) is 0 Å². The number of carbonyl (C=O) groups is 1. The van der Waals surface area contributed by atoms with Crippen LogP contribution < -0.4 is 14.8 Å². The number of amides is 1. The highest BCUT2D eigenvalue weighted by Crippen LogP contribution is 2.33. The Labute approximate surface area is 190 Å². The number of hydrogen-bond donors (Lipinski definition) is 1. The van der Waals surface area contributed by atoms with Crippen LogP contribution in [0.4, 0.5) is 5.13 Å². The Balaban J connectivity index is 1.53. The first kappa shape index (κ1) is 22.4. The summed E-state index contributed by atoms with van der Waals surface area (Å²) in [6.07, 6.45) is 0.875. The molecule has 0 atom stereocenters. The van der Waals surface area contributed by atoms with Crippen LogP contribution in [0.25, 0.3) is 11.3 Å². The second-order valence-electron chi connectivity index (χ2n) is 6.68. The number of carbonyl (C=O) groups excluding carboxylic acids is 1. The van der Waals surface area contributed by atoms with Gasteiger partial charge in [0.05, 0.1) is 24.4 Å². The van der Waals surface area contributed by atoms with E-state index >= 15 is 0 Å². The van der Waals surface area contributed by atoms with Crippen molar-refractivity contribution in [3.8, 4) is 22.8 Å². The Kier molecular flexibility index (Phi) is 7.58. The normalized spacial score (nSPS) is 10.7. The molecular weight excluding hydrogens is 443 g/mol. The first-order chi connectivity index (χ1) is 14.4. The lowest BCUT2D eigenvalue weighted by atomic mass is 10.1. The van der Waals surface area contributed by atoms with E-state index in [1.165, 1.54) is 11.3 Å². The molecule has 1 N–H and O–H groups in total. The molecule has 0 spiro atoms. The molecule has 1 heterocycles. The number of anilines is 1. The van der Waals surface area contributed by atoms with Crippen molar-refractivity contribution in [3.05, 3.63) is 56.9 Å². The van der Waals surface area contributed by atoms with E-state index in [1.807, 2.05) is 32.0 Å². The van der Waals surface area contributed by atoms with Gasteiger partial charge in [0, 0.05) is 21.9 Å². The van der Waals surface area contributed by atoms with E-state index in [4.69, 9.17) is 32.7 Å². The largest absolute Gasteiger partial charge is 0.496 e. The summed E-state index contributed by atoms with van der Waals surface area (Å²) in [5.41, 5.74) is 2.89. The van der Waals surface area contributed by atoms with Gasteiger partial charge in [0.1, 0.15) is 11.5 Å². The fraction of sp³-hybridized carbons (Fsp3) is 0.273. The monoisotopic (exact) mass is 464 g/mol. The Bertz CT molecular complexity index is 1050. The maximum atomic E-state index is 12.3. The molecular formula is C22H22Cl2N2O3S. The molecule has 3 aromatic rings. The maximum Gasteiger partial charge on any atom is 0.226 e. The number of nitrogens with zero attached hydrogens (tertiary/aromatic N) is 1. The van der Waals surface area contributed by atoms with E-state index in [1.54, 1.807) is 25.3 Å². The zero-order chi connectivity index (χ0) is 21.7. The molecule has 1 amide bonds. The first-order valence-electron chi connectivity index (χ1n) is 9.37. The third kappa shape index (κ3) is 5.65. The predicted octanol–water partition coefficient (Wildman–Crippen LogP) is 6.54. The summed E-state index contributed by atoms with van der Waals surface area (Å²) < 4.78 is 10.9. The van der Waals surface area contributed by atoms with Gasteiger partial charge in [-0.2, -0.15) is 0 Å². The summed E-state index contributed by atoms with van der Waals surface area (Å²) in [6.45, 7) is 4.36. The van der Waals surface area contributed by atoms with E-state index < -0.39 is 0 Å². The van der Waals surface area contributed by atoms with Gasteiger partial charge >= 0.3 is 0 Å². The van der Waals surface area contributed by atoms with Crippen LogP contribution in [0.3, 0.4) is 0 Å². The van der Waals surface area contributed by atoms with Crippen LogP contribution in [0, 0.1) is 13.8 Å². The average molecular weight is 465 g/mol. The minimum atomic E-state index is -0.105. The number of aryl methyl sites for hydroxylation is 2. The number of nitrogens with one attached hydrogen (secondary N) is 1. The number of benzene rings is 2. The van der Waals surface area contributed by atoms with Crippen LogP contribution in [-0.2, 0) is 4.79 Å². The molecule has 0 unspecified atom stereocenters. The van der Waals surface area contributed by atoms with E-state index in [9.17, 15) is 4.79 Å². The Morgan fingerprint density at radius 2 is 1.90 bits per heavy atom. The summed E-state index contributed by atoms with van der Waals surface area (Å²) in [6, 6.07) is 11.0. The molecule has 2 aromatic carbocycles. The molecule has 0 fully saturated rings. The van der Waals surface area contributed by atoms with Crippen molar-refractivity contribution >= 4 is 45.6 Å². The molecule has 3 rings (SSSR count). The predicted molar refractivity (Wildman–Crippen MR) is 123 cm³/mol. The number of aromatic nitrogens is 1. The van der Waals surface area contributed by atoms with Gasteiger partial charge in [-0.3, -0.25) is 4.79 Å². The number of thiazole rings is 1. The van der Waals surface area contributed by atoms with Gasteiger partial charge in [-0.1, -0.05) is 23.2 Å². The molecule has 0 aliphatic rings. The highest BCUT2D eigenvalue weighted by Gasteiger charge is 2.13. The second kappa shape index (κ2) is 10.2. The number of methoxy groups -OCH3 is 1. The SMILES string of the molecule is COc1ccc(-c2nc(NC(=O)CCCOc3ccc(Cl)cc3Cl)sc2C)cc1C. The van der Waals surface area contributed by atoms with Crippen LogP contribution >= 0.6 is 34.5 Å². The highest BCUT2D eigenvalue weighted by molar-refractivity contribution is 7.16. The van der Waals surface area contributed by atoms with Crippen molar-refractivity contribution in [2.75, 3.05) is 19.0 Å². The molecule has 1 aromatic heterocycles. The van der Waals surface area contributed by atoms with Gasteiger partial charge in [0.2, 0.25) is 5.91 Å². The van der Waals surface area contributed by atoms with Crippen molar-refractivity contribution in [1.29, 1.82) is 0 Å². The molecule has 158 valence electrons. The van der Waals surface area contributed by atoms with Crippen molar-refractivity contribution in [3.63, 3.8) is 0 Å². The molecule has 0 aliphatic heterocycles. The Morgan fingerprint density at radius 3 is 2.60 bits per heavy atom. The molecule has 0 radical (unpaired) electrons. The smallest absolute Gasteiger partial charge is 0.226 e. The molecule has 0 bridgehead atoms. The van der Waals surface area contributed by atoms with Gasteiger partial charge in [-0.25, -0.2) is 4.98 Å². The fourth-order valence-corrected chi connectivity index (χ4v) is 4.25. The summed E-state index contributed by atoms with van der Waals surface area (Å²) in [5, 5.41) is 4.46. The number of ether oxygens (including phenoxy) is 2. The lowest BCUT2D eigenvalue weighted by molar-refractivity contribution is -0.116. The minimum absolute atomic E-state index is 0.105. The van der Waals surface area contributed by atoms with Crippen LogP contribution in [0.2, 0.25) is 10.0 Å². The highest BCUT2D eigenvalue weighted by atomic mass is 35.5. The van der Waals surface area contributed by atoms with Gasteiger partial charge in [-0.15, -0.1) is 11.3 Å². The third-order valence-electron chi connectivity index (χ3n) is 4.41. The quantitative estimate of drug-likeness (QED) is 0.384. The second-order valence-corrected chi connectivity index (χ2v) is 8.73. The molecule has 0 aliphatic carbocycles. The Morgan fingerprint density at radius 1 is 1.13 bits per heavy atom. The zero-order valence-corrected chi connectivity index (χ0v) is 19.2. The number of rotatable bonds is 8. The standard InChI is InChI=1S/C22H22Cl2N2O3S/c1-13-11-15(6-8-18(13)28-3)21-14(2)30-22(26-21)25-20(27)5-4-10-29-19-9-7-16(23)12-17(19)24/h6-9,11-12H,4-5,10H2,1-3H3,(H,25,26,27). The maximum absolute atomic E-state index is 12.3. The zero-order valence-electron chi connectivity index (χ0n) is 16.9. The molecule has 5 nitrogen and oxygen atoms in total. The van der Waals surface area contributed by atoms with Crippen molar-refractivity contribution in [2.45, 2.75) is 26.7 Å². The van der Waals surface area contributed by atoms with Crippen LogP contribution in [0.1, 0.15) is 23.3 Å². The van der Waals surface area contributed by atoms with E-state index in [0.29, 0.717) is 40.4 Å². The van der Waals surface area contributed by atoms with Gasteiger partial charge < -0.3 is 14.8 Å². The molecule has 0 saturated heterocycles. The number of hydrogen-bond acceptors (Lipinski definition) is 5. The summed E-state index contributed by atoms with van der Waals surface area (Å²) >= 11 is 13.4. The van der Waals surface area contributed by atoms with Crippen LogP contribution in [0.15, 0.2) is 36.4 Å². The van der Waals surface area contributed by atoms with Crippen molar-refractivity contribution in [1.82, 2.24) is 4.98 Å². The third-order valence-corrected chi connectivity index (χ3v) is 5.83. The van der Waals surface area contributed by atoms with Gasteiger partial charge in [0.25, 0.3) is 0 Å². The minimum Gasteiger partial charge on any atom is -0.496 e. The average Bonchev–Trinajstić information content (AvgIpc) is 3.06. The lowest BCUT2D eigenvalue weighted by Crippen LogP contribution is -2.12. The Hall–Kier alpha value is -2.28. The fourth-order valence-electron chi connectivity index (χ4n) is 2.93.